The van der Waals surface area contributed by atoms with Crippen molar-refractivity contribution in [2.75, 3.05) is 26.7 Å². The molecule has 1 fully saturated rings. The predicted octanol–water partition coefficient (Wildman–Crippen LogP) is 2.44. The summed E-state index contributed by atoms with van der Waals surface area (Å²) < 4.78 is 5.19. The number of hydrogen-bond acceptors (Lipinski definition) is 3. The normalized spacial score (nSPS) is 21.1. The molecule has 1 saturated heterocycles. The molecule has 1 unspecified atom stereocenters. The summed E-state index contributed by atoms with van der Waals surface area (Å²) in [5.74, 6) is 0.929. The minimum atomic E-state index is 0.584. The molecule has 1 atom stereocenters. The highest BCUT2D eigenvalue weighted by molar-refractivity contribution is 5.27. The van der Waals surface area contributed by atoms with Gasteiger partial charge in [0.05, 0.1) is 7.11 Å². The molecule has 1 aromatic rings. The standard InChI is InChI=1S/C16H26N2O/c1-19-16-8-6-14(7-9-16)10-12-18-11-4-2-3-5-15(18)13-17/h6-9,15H,2-5,10-13,17H2,1H3. The molecule has 1 heterocycles. The number of nitrogens with zero attached hydrogens (tertiary/aromatic N) is 1. The van der Waals surface area contributed by atoms with Gasteiger partial charge in [-0.1, -0.05) is 25.0 Å². The van der Waals surface area contributed by atoms with E-state index in [1.807, 2.05) is 12.1 Å². The first kappa shape index (κ1) is 14.4. The molecule has 0 radical (unpaired) electrons. The molecule has 0 aliphatic carbocycles. The molecule has 3 heteroatoms. The zero-order valence-electron chi connectivity index (χ0n) is 12.0. The van der Waals surface area contributed by atoms with Gasteiger partial charge in [-0.3, -0.25) is 4.90 Å². The van der Waals surface area contributed by atoms with E-state index in [0.717, 1.165) is 25.3 Å². The number of rotatable bonds is 5. The Hall–Kier alpha value is -1.06. The maximum absolute atomic E-state index is 5.91. The Morgan fingerprint density at radius 1 is 1.21 bits per heavy atom. The Morgan fingerprint density at radius 2 is 2.00 bits per heavy atom. The van der Waals surface area contributed by atoms with Crippen molar-refractivity contribution in [3.05, 3.63) is 29.8 Å². The highest BCUT2D eigenvalue weighted by Crippen LogP contribution is 2.17. The molecule has 2 N–H and O–H groups in total. The lowest BCUT2D eigenvalue weighted by molar-refractivity contribution is 0.207. The second kappa shape index (κ2) is 7.51. The van der Waals surface area contributed by atoms with Gasteiger partial charge in [0, 0.05) is 19.1 Å². The molecule has 0 spiro atoms. The quantitative estimate of drug-likeness (QED) is 0.886. The smallest absolute Gasteiger partial charge is 0.118 e. The van der Waals surface area contributed by atoms with Crippen LogP contribution in [0.1, 0.15) is 31.2 Å². The van der Waals surface area contributed by atoms with E-state index in [2.05, 4.69) is 17.0 Å². The summed E-state index contributed by atoms with van der Waals surface area (Å²) in [5, 5.41) is 0. The van der Waals surface area contributed by atoms with Crippen molar-refractivity contribution in [1.82, 2.24) is 4.90 Å². The van der Waals surface area contributed by atoms with Crippen LogP contribution in [-0.2, 0) is 6.42 Å². The van der Waals surface area contributed by atoms with Crippen LogP contribution in [0.5, 0.6) is 5.75 Å². The van der Waals surface area contributed by atoms with E-state index in [4.69, 9.17) is 10.5 Å². The van der Waals surface area contributed by atoms with Crippen molar-refractivity contribution in [2.24, 2.45) is 5.73 Å². The Labute approximate surface area is 116 Å². The highest BCUT2D eigenvalue weighted by Gasteiger charge is 2.18. The van der Waals surface area contributed by atoms with Gasteiger partial charge in [-0.25, -0.2) is 0 Å². The number of nitrogens with two attached hydrogens (primary N) is 1. The Balaban J connectivity index is 1.88. The van der Waals surface area contributed by atoms with Crippen LogP contribution in [0, 0.1) is 0 Å². The van der Waals surface area contributed by atoms with Gasteiger partial charge in [0.1, 0.15) is 5.75 Å². The lowest BCUT2D eigenvalue weighted by Gasteiger charge is -2.28. The zero-order valence-corrected chi connectivity index (χ0v) is 12.0. The maximum Gasteiger partial charge on any atom is 0.118 e. The van der Waals surface area contributed by atoms with Gasteiger partial charge < -0.3 is 10.5 Å². The van der Waals surface area contributed by atoms with E-state index >= 15 is 0 Å². The van der Waals surface area contributed by atoms with Gasteiger partial charge in [0.25, 0.3) is 0 Å². The molecule has 1 aromatic carbocycles. The molecule has 19 heavy (non-hydrogen) atoms. The monoisotopic (exact) mass is 262 g/mol. The molecule has 1 aliphatic rings. The summed E-state index contributed by atoms with van der Waals surface area (Å²) in [7, 11) is 1.71. The summed E-state index contributed by atoms with van der Waals surface area (Å²) in [5.41, 5.74) is 7.29. The summed E-state index contributed by atoms with van der Waals surface area (Å²) in [6.45, 7) is 3.12. The second-order valence-electron chi connectivity index (χ2n) is 5.37. The molecule has 106 valence electrons. The molecule has 0 amide bonds. The molecular formula is C16H26N2O. The minimum Gasteiger partial charge on any atom is -0.497 e. The van der Waals surface area contributed by atoms with Crippen molar-refractivity contribution in [3.8, 4) is 5.75 Å². The highest BCUT2D eigenvalue weighted by atomic mass is 16.5. The summed E-state index contributed by atoms with van der Waals surface area (Å²) in [4.78, 5) is 2.58. The van der Waals surface area contributed by atoms with Crippen LogP contribution >= 0.6 is 0 Å². The average molecular weight is 262 g/mol. The van der Waals surface area contributed by atoms with E-state index in [9.17, 15) is 0 Å². The van der Waals surface area contributed by atoms with Crippen molar-refractivity contribution >= 4 is 0 Å². The van der Waals surface area contributed by atoms with Crippen molar-refractivity contribution < 1.29 is 4.74 Å². The third-order valence-electron chi connectivity index (χ3n) is 4.12. The first-order valence-corrected chi connectivity index (χ1v) is 7.40. The third kappa shape index (κ3) is 4.22. The molecule has 2 rings (SSSR count). The number of benzene rings is 1. The predicted molar refractivity (Wildman–Crippen MR) is 79.6 cm³/mol. The van der Waals surface area contributed by atoms with E-state index in [0.29, 0.717) is 6.04 Å². The topological polar surface area (TPSA) is 38.5 Å². The van der Waals surface area contributed by atoms with Crippen LogP contribution < -0.4 is 10.5 Å². The first-order chi connectivity index (χ1) is 9.33. The number of ether oxygens (including phenoxy) is 1. The first-order valence-electron chi connectivity index (χ1n) is 7.40. The molecule has 1 aliphatic heterocycles. The molecule has 0 saturated carbocycles. The fourth-order valence-electron chi connectivity index (χ4n) is 2.86. The molecule has 0 bridgehead atoms. The van der Waals surface area contributed by atoms with Crippen LogP contribution in [0.15, 0.2) is 24.3 Å². The Bertz CT molecular complexity index is 364. The zero-order chi connectivity index (χ0) is 13.5. The van der Waals surface area contributed by atoms with Crippen LogP contribution in [0.3, 0.4) is 0 Å². The summed E-state index contributed by atoms with van der Waals surface area (Å²) >= 11 is 0. The van der Waals surface area contributed by atoms with Gasteiger partial charge >= 0.3 is 0 Å². The van der Waals surface area contributed by atoms with E-state index in [-0.39, 0.29) is 0 Å². The van der Waals surface area contributed by atoms with Crippen molar-refractivity contribution in [3.63, 3.8) is 0 Å². The van der Waals surface area contributed by atoms with Crippen LogP contribution in [0.2, 0.25) is 0 Å². The fourth-order valence-corrected chi connectivity index (χ4v) is 2.86. The SMILES string of the molecule is COc1ccc(CCN2CCCCCC2CN)cc1. The van der Waals surface area contributed by atoms with Crippen molar-refractivity contribution in [1.29, 1.82) is 0 Å². The van der Waals surface area contributed by atoms with Gasteiger partial charge in [-0.15, -0.1) is 0 Å². The lowest BCUT2D eigenvalue weighted by Crippen LogP contribution is -2.41. The largest absolute Gasteiger partial charge is 0.497 e. The fraction of sp³-hybridized carbons (Fsp3) is 0.625. The second-order valence-corrected chi connectivity index (χ2v) is 5.37. The van der Waals surface area contributed by atoms with Gasteiger partial charge in [0.15, 0.2) is 0 Å². The molecule has 0 aromatic heterocycles. The summed E-state index contributed by atoms with van der Waals surface area (Å²) in [6.07, 6.45) is 6.37. The number of methoxy groups -OCH3 is 1. The lowest BCUT2D eigenvalue weighted by atomic mass is 10.1. The Kier molecular flexibility index (Phi) is 5.67. The van der Waals surface area contributed by atoms with Gasteiger partial charge in [-0.2, -0.15) is 0 Å². The summed E-state index contributed by atoms with van der Waals surface area (Å²) in [6, 6.07) is 8.99. The van der Waals surface area contributed by atoms with Gasteiger partial charge in [0.2, 0.25) is 0 Å². The minimum absolute atomic E-state index is 0.584. The van der Waals surface area contributed by atoms with Gasteiger partial charge in [-0.05, 0) is 43.5 Å². The molecular weight excluding hydrogens is 236 g/mol. The van der Waals surface area contributed by atoms with Crippen LogP contribution in [0.4, 0.5) is 0 Å². The molecule has 3 nitrogen and oxygen atoms in total. The number of hydrogen-bond donors (Lipinski definition) is 1. The Morgan fingerprint density at radius 3 is 2.68 bits per heavy atom. The average Bonchev–Trinajstić information content (AvgIpc) is 2.70. The van der Waals surface area contributed by atoms with E-state index in [1.54, 1.807) is 7.11 Å². The van der Waals surface area contributed by atoms with E-state index in [1.165, 1.54) is 37.8 Å². The van der Waals surface area contributed by atoms with Crippen LogP contribution in [-0.4, -0.2) is 37.7 Å². The van der Waals surface area contributed by atoms with E-state index < -0.39 is 0 Å². The third-order valence-corrected chi connectivity index (χ3v) is 4.12. The number of likely N-dealkylation sites (tertiary alicyclic amines) is 1. The maximum atomic E-state index is 5.91. The van der Waals surface area contributed by atoms with Crippen molar-refractivity contribution in [2.45, 2.75) is 38.1 Å². The van der Waals surface area contributed by atoms with Crippen LogP contribution in [0.25, 0.3) is 0 Å².